The summed E-state index contributed by atoms with van der Waals surface area (Å²) < 4.78 is 5.78. The molecule has 1 aromatic rings. The van der Waals surface area contributed by atoms with Crippen LogP contribution >= 0.6 is 23.2 Å². The standard InChI is InChI=1S/C16H20Cl2N2O2/c1-10(22-15-7-11(17)6-12(18)8-15)16(21)20-13-2-3-14(20)9-19-5-4-13/h6-8,10,13-14,19H,2-5,9H2,1H3. The van der Waals surface area contributed by atoms with E-state index in [2.05, 4.69) is 5.32 Å². The van der Waals surface area contributed by atoms with Crippen molar-refractivity contribution in [1.29, 1.82) is 0 Å². The van der Waals surface area contributed by atoms with E-state index in [1.807, 2.05) is 4.90 Å². The molecule has 0 spiro atoms. The van der Waals surface area contributed by atoms with Crippen molar-refractivity contribution in [2.45, 2.75) is 44.4 Å². The summed E-state index contributed by atoms with van der Waals surface area (Å²) in [5.74, 6) is 0.575. The van der Waals surface area contributed by atoms with Crippen LogP contribution in [-0.4, -0.2) is 42.1 Å². The maximum Gasteiger partial charge on any atom is 0.263 e. The molecule has 2 aliphatic heterocycles. The van der Waals surface area contributed by atoms with E-state index in [4.69, 9.17) is 27.9 Å². The van der Waals surface area contributed by atoms with Crippen LogP contribution in [-0.2, 0) is 4.79 Å². The minimum absolute atomic E-state index is 0.0484. The number of fused-ring (bicyclic) bond motifs is 2. The van der Waals surface area contributed by atoms with Crippen LogP contribution in [0.25, 0.3) is 0 Å². The van der Waals surface area contributed by atoms with Crippen molar-refractivity contribution in [3.05, 3.63) is 28.2 Å². The lowest BCUT2D eigenvalue weighted by Crippen LogP contribution is -2.48. The molecule has 2 aliphatic rings. The first-order valence-corrected chi connectivity index (χ1v) is 8.46. The van der Waals surface area contributed by atoms with Gasteiger partial charge in [-0.25, -0.2) is 0 Å². The fourth-order valence-corrected chi connectivity index (χ4v) is 3.91. The molecule has 2 bridgehead atoms. The predicted octanol–water partition coefficient (Wildman–Crippen LogP) is 3.11. The predicted molar refractivity (Wildman–Crippen MR) is 87.7 cm³/mol. The quantitative estimate of drug-likeness (QED) is 0.917. The molecule has 120 valence electrons. The van der Waals surface area contributed by atoms with Crippen molar-refractivity contribution >= 4 is 29.1 Å². The van der Waals surface area contributed by atoms with Crippen LogP contribution < -0.4 is 10.1 Å². The zero-order valence-electron chi connectivity index (χ0n) is 12.5. The van der Waals surface area contributed by atoms with E-state index in [0.717, 1.165) is 32.4 Å². The molecule has 3 rings (SSSR count). The number of ether oxygens (including phenoxy) is 1. The van der Waals surface area contributed by atoms with Gasteiger partial charge in [-0.15, -0.1) is 0 Å². The Balaban J connectivity index is 1.71. The largest absolute Gasteiger partial charge is 0.481 e. The van der Waals surface area contributed by atoms with Gasteiger partial charge >= 0.3 is 0 Å². The van der Waals surface area contributed by atoms with E-state index in [1.165, 1.54) is 0 Å². The van der Waals surface area contributed by atoms with Gasteiger partial charge in [0.15, 0.2) is 6.10 Å². The molecule has 2 fully saturated rings. The van der Waals surface area contributed by atoms with E-state index in [1.54, 1.807) is 25.1 Å². The van der Waals surface area contributed by atoms with E-state index in [0.29, 0.717) is 21.8 Å². The molecule has 2 saturated heterocycles. The van der Waals surface area contributed by atoms with Gasteiger partial charge in [0, 0.05) is 28.7 Å². The summed E-state index contributed by atoms with van der Waals surface area (Å²) in [5, 5.41) is 4.40. The maximum absolute atomic E-state index is 12.8. The Morgan fingerprint density at radius 2 is 1.91 bits per heavy atom. The van der Waals surface area contributed by atoms with Gasteiger partial charge in [0.25, 0.3) is 5.91 Å². The molecule has 6 heteroatoms. The molecule has 1 amide bonds. The first-order chi connectivity index (χ1) is 10.5. The summed E-state index contributed by atoms with van der Waals surface area (Å²) in [5.41, 5.74) is 0. The Bertz CT molecular complexity index is 533. The summed E-state index contributed by atoms with van der Waals surface area (Å²) in [6.45, 7) is 3.64. The average Bonchev–Trinajstić information content (AvgIpc) is 2.70. The highest BCUT2D eigenvalue weighted by atomic mass is 35.5. The number of benzene rings is 1. The molecule has 22 heavy (non-hydrogen) atoms. The SMILES string of the molecule is CC(Oc1cc(Cl)cc(Cl)c1)C(=O)N1C2CCNCC1CC2. The first-order valence-electron chi connectivity index (χ1n) is 7.70. The van der Waals surface area contributed by atoms with Crippen LogP contribution in [0.1, 0.15) is 26.2 Å². The molecule has 4 nitrogen and oxygen atoms in total. The van der Waals surface area contributed by atoms with Crippen LogP contribution in [0, 0.1) is 0 Å². The number of hydrogen-bond donors (Lipinski definition) is 1. The van der Waals surface area contributed by atoms with Crippen LogP contribution in [0.15, 0.2) is 18.2 Å². The first kappa shape index (κ1) is 15.9. The second-order valence-corrected chi connectivity index (χ2v) is 6.86. The third-order valence-corrected chi connectivity index (χ3v) is 4.84. The number of halogens is 2. The molecular formula is C16H20Cl2N2O2. The zero-order chi connectivity index (χ0) is 15.7. The maximum atomic E-state index is 12.8. The fourth-order valence-electron chi connectivity index (χ4n) is 3.40. The third-order valence-electron chi connectivity index (χ3n) is 4.41. The van der Waals surface area contributed by atoms with Gasteiger partial charge in [-0.05, 0) is 50.9 Å². The lowest BCUT2D eigenvalue weighted by atomic mass is 10.1. The topological polar surface area (TPSA) is 41.6 Å². The zero-order valence-corrected chi connectivity index (χ0v) is 14.0. The minimum Gasteiger partial charge on any atom is -0.481 e. The minimum atomic E-state index is -0.546. The van der Waals surface area contributed by atoms with E-state index >= 15 is 0 Å². The molecule has 0 aromatic heterocycles. The Hall–Kier alpha value is -0.970. The summed E-state index contributed by atoms with van der Waals surface area (Å²) in [6, 6.07) is 5.62. The highest BCUT2D eigenvalue weighted by Gasteiger charge is 2.40. The van der Waals surface area contributed by atoms with Crippen molar-refractivity contribution in [3.8, 4) is 5.75 Å². The molecule has 1 N–H and O–H groups in total. The monoisotopic (exact) mass is 342 g/mol. The van der Waals surface area contributed by atoms with E-state index in [9.17, 15) is 4.79 Å². The Labute approximate surface area is 140 Å². The Kier molecular flexibility index (Phi) is 4.81. The molecule has 1 aromatic carbocycles. The van der Waals surface area contributed by atoms with E-state index < -0.39 is 6.10 Å². The Morgan fingerprint density at radius 1 is 1.23 bits per heavy atom. The summed E-state index contributed by atoms with van der Waals surface area (Å²) in [4.78, 5) is 14.8. The Morgan fingerprint density at radius 3 is 2.64 bits per heavy atom. The number of hydrogen-bond acceptors (Lipinski definition) is 3. The second-order valence-electron chi connectivity index (χ2n) is 5.99. The number of rotatable bonds is 3. The molecule has 3 atom stereocenters. The highest BCUT2D eigenvalue weighted by molar-refractivity contribution is 6.34. The van der Waals surface area contributed by atoms with Gasteiger partial charge in [-0.3, -0.25) is 4.79 Å². The summed E-state index contributed by atoms with van der Waals surface area (Å²) in [7, 11) is 0. The molecule has 0 radical (unpaired) electrons. The normalized spacial score (nSPS) is 25.7. The number of amides is 1. The molecule has 3 unspecified atom stereocenters. The number of nitrogens with zero attached hydrogens (tertiary/aromatic N) is 1. The van der Waals surface area contributed by atoms with Gasteiger partial charge in [0.2, 0.25) is 0 Å². The van der Waals surface area contributed by atoms with Gasteiger partial charge in [-0.2, -0.15) is 0 Å². The number of carbonyl (C=O) groups is 1. The molecular weight excluding hydrogens is 323 g/mol. The average molecular weight is 343 g/mol. The highest BCUT2D eigenvalue weighted by Crippen LogP contribution is 2.30. The van der Waals surface area contributed by atoms with E-state index in [-0.39, 0.29) is 11.9 Å². The van der Waals surface area contributed by atoms with Crippen LogP contribution in [0.3, 0.4) is 0 Å². The van der Waals surface area contributed by atoms with Crippen molar-refractivity contribution < 1.29 is 9.53 Å². The van der Waals surface area contributed by atoms with Crippen LogP contribution in [0.2, 0.25) is 10.0 Å². The lowest BCUT2D eigenvalue weighted by molar-refractivity contribution is -0.140. The third kappa shape index (κ3) is 3.34. The molecule has 2 heterocycles. The van der Waals surface area contributed by atoms with Gasteiger partial charge in [0.05, 0.1) is 0 Å². The van der Waals surface area contributed by atoms with Crippen LogP contribution in [0.5, 0.6) is 5.75 Å². The molecule has 0 saturated carbocycles. The lowest BCUT2D eigenvalue weighted by Gasteiger charge is -2.30. The fraction of sp³-hybridized carbons (Fsp3) is 0.562. The second kappa shape index (κ2) is 6.65. The van der Waals surface area contributed by atoms with Gasteiger partial charge < -0.3 is 15.0 Å². The van der Waals surface area contributed by atoms with Crippen molar-refractivity contribution in [2.75, 3.05) is 13.1 Å². The molecule has 0 aliphatic carbocycles. The number of carbonyl (C=O) groups excluding carboxylic acids is 1. The van der Waals surface area contributed by atoms with Crippen molar-refractivity contribution in [2.24, 2.45) is 0 Å². The summed E-state index contributed by atoms with van der Waals surface area (Å²) in [6.07, 6.45) is 2.63. The smallest absolute Gasteiger partial charge is 0.263 e. The van der Waals surface area contributed by atoms with Crippen molar-refractivity contribution in [1.82, 2.24) is 10.2 Å². The summed E-state index contributed by atoms with van der Waals surface area (Å²) >= 11 is 11.9. The van der Waals surface area contributed by atoms with Crippen LogP contribution in [0.4, 0.5) is 0 Å². The van der Waals surface area contributed by atoms with Crippen molar-refractivity contribution in [3.63, 3.8) is 0 Å². The van der Waals surface area contributed by atoms with Gasteiger partial charge in [0.1, 0.15) is 5.75 Å². The van der Waals surface area contributed by atoms with Gasteiger partial charge in [-0.1, -0.05) is 23.2 Å². The number of nitrogens with one attached hydrogen (secondary N) is 1.